The summed E-state index contributed by atoms with van der Waals surface area (Å²) in [6, 6.07) is 8.27. The van der Waals surface area contributed by atoms with Gasteiger partial charge in [-0.05, 0) is 18.6 Å². The number of methoxy groups -OCH3 is 1. The van der Waals surface area contributed by atoms with E-state index in [0.29, 0.717) is 12.6 Å². The number of ether oxygens (including phenoxy) is 1. The molecule has 1 atom stereocenters. The molecule has 1 unspecified atom stereocenters. The molecule has 1 aromatic heterocycles. The Balaban J connectivity index is 2.35. The molecule has 0 radical (unpaired) electrons. The van der Waals surface area contributed by atoms with Gasteiger partial charge in [-0.1, -0.05) is 25.5 Å². The lowest BCUT2D eigenvalue weighted by Gasteiger charge is -2.19. The first-order valence-corrected chi connectivity index (χ1v) is 6.98. The van der Waals surface area contributed by atoms with Gasteiger partial charge in [-0.15, -0.1) is 0 Å². The van der Waals surface area contributed by atoms with Gasteiger partial charge in [-0.2, -0.15) is 4.98 Å². The number of para-hydroxylation sites is 1. The fraction of sp³-hybridized carbons (Fsp3) is 0.467. The quantitative estimate of drug-likeness (QED) is 0.813. The van der Waals surface area contributed by atoms with Crippen molar-refractivity contribution in [2.24, 2.45) is 0 Å². The van der Waals surface area contributed by atoms with Crippen molar-refractivity contribution in [1.82, 2.24) is 9.97 Å². The van der Waals surface area contributed by atoms with Crippen molar-refractivity contribution in [1.29, 1.82) is 0 Å². The monoisotopic (exact) mass is 274 g/mol. The standard InChI is InChI=1S/C15H22N4O/c1-4-7-11(10-20-3)17-14-12-8-5-6-9-13(12)18-15(16-2)19-14/h5-6,8-9,11H,4,7,10H2,1-3H3,(H2,16,17,18,19). The third kappa shape index (κ3) is 3.36. The second-order valence-electron chi connectivity index (χ2n) is 4.75. The Bertz CT molecular complexity index is 553. The van der Waals surface area contributed by atoms with Gasteiger partial charge < -0.3 is 15.4 Å². The number of hydrogen-bond donors (Lipinski definition) is 2. The van der Waals surface area contributed by atoms with E-state index in [1.54, 1.807) is 7.11 Å². The maximum atomic E-state index is 5.28. The highest BCUT2D eigenvalue weighted by Crippen LogP contribution is 2.22. The summed E-state index contributed by atoms with van der Waals surface area (Å²) in [5.41, 5.74) is 0.932. The van der Waals surface area contributed by atoms with Gasteiger partial charge in [0.05, 0.1) is 18.2 Å². The molecule has 0 fully saturated rings. The molecule has 0 saturated carbocycles. The zero-order valence-electron chi connectivity index (χ0n) is 12.3. The van der Waals surface area contributed by atoms with Crippen molar-refractivity contribution < 1.29 is 4.74 Å². The van der Waals surface area contributed by atoms with Crippen LogP contribution in [0.3, 0.4) is 0 Å². The lowest BCUT2D eigenvalue weighted by molar-refractivity contribution is 0.182. The van der Waals surface area contributed by atoms with Crippen molar-refractivity contribution in [2.45, 2.75) is 25.8 Å². The van der Waals surface area contributed by atoms with Gasteiger partial charge in [-0.3, -0.25) is 0 Å². The van der Waals surface area contributed by atoms with Gasteiger partial charge >= 0.3 is 0 Å². The Kier molecular flexibility index (Phi) is 5.12. The van der Waals surface area contributed by atoms with Crippen molar-refractivity contribution in [3.8, 4) is 0 Å². The normalized spacial score (nSPS) is 12.3. The molecular formula is C15H22N4O. The molecule has 1 heterocycles. The van der Waals surface area contributed by atoms with Crippen LogP contribution in [0.2, 0.25) is 0 Å². The van der Waals surface area contributed by atoms with Crippen molar-refractivity contribution in [3.05, 3.63) is 24.3 Å². The minimum atomic E-state index is 0.257. The Morgan fingerprint density at radius 3 is 2.75 bits per heavy atom. The maximum Gasteiger partial charge on any atom is 0.224 e. The first-order valence-electron chi connectivity index (χ1n) is 6.98. The number of aromatic nitrogens is 2. The van der Waals surface area contributed by atoms with Crippen LogP contribution in [0.5, 0.6) is 0 Å². The molecular weight excluding hydrogens is 252 g/mol. The van der Waals surface area contributed by atoms with Crippen LogP contribution in [0.4, 0.5) is 11.8 Å². The number of fused-ring (bicyclic) bond motifs is 1. The van der Waals surface area contributed by atoms with Gasteiger partial charge in [0.15, 0.2) is 0 Å². The van der Waals surface area contributed by atoms with E-state index in [0.717, 1.165) is 29.6 Å². The van der Waals surface area contributed by atoms with Crippen molar-refractivity contribution >= 4 is 22.7 Å². The third-order valence-electron chi connectivity index (χ3n) is 3.17. The summed E-state index contributed by atoms with van der Waals surface area (Å²) in [5.74, 6) is 1.48. The Labute approximate surface area is 119 Å². The molecule has 20 heavy (non-hydrogen) atoms. The average Bonchev–Trinajstić information content (AvgIpc) is 2.47. The predicted molar refractivity (Wildman–Crippen MR) is 83.3 cm³/mol. The molecule has 108 valence electrons. The topological polar surface area (TPSA) is 59.1 Å². The van der Waals surface area contributed by atoms with Crippen molar-refractivity contribution in [3.63, 3.8) is 0 Å². The summed E-state index contributed by atoms with van der Waals surface area (Å²) in [6.07, 6.45) is 2.14. The molecule has 0 bridgehead atoms. The van der Waals surface area contributed by atoms with Crippen LogP contribution in [-0.4, -0.2) is 36.8 Å². The highest BCUT2D eigenvalue weighted by atomic mass is 16.5. The Morgan fingerprint density at radius 2 is 2.05 bits per heavy atom. The maximum absolute atomic E-state index is 5.28. The highest BCUT2D eigenvalue weighted by molar-refractivity contribution is 5.90. The molecule has 1 aromatic carbocycles. The summed E-state index contributed by atoms with van der Waals surface area (Å²) < 4.78 is 5.28. The highest BCUT2D eigenvalue weighted by Gasteiger charge is 2.12. The van der Waals surface area contributed by atoms with E-state index in [2.05, 4.69) is 27.5 Å². The fourth-order valence-electron chi connectivity index (χ4n) is 2.24. The van der Waals surface area contributed by atoms with Crippen LogP contribution in [0.1, 0.15) is 19.8 Å². The number of rotatable bonds is 7. The summed E-state index contributed by atoms with van der Waals surface area (Å²) in [7, 11) is 3.55. The largest absolute Gasteiger partial charge is 0.383 e. The van der Waals surface area contributed by atoms with Crippen LogP contribution >= 0.6 is 0 Å². The molecule has 5 nitrogen and oxygen atoms in total. The van der Waals surface area contributed by atoms with E-state index in [-0.39, 0.29) is 6.04 Å². The van der Waals surface area contributed by atoms with Gasteiger partial charge in [0.25, 0.3) is 0 Å². The minimum absolute atomic E-state index is 0.257. The summed E-state index contributed by atoms with van der Waals surface area (Å²) in [6.45, 7) is 2.84. The third-order valence-corrected chi connectivity index (χ3v) is 3.17. The summed E-state index contributed by atoms with van der Waals surface area (Å²) in [4.78, 5) is 8.99. The number of nitrogens with one attached hydrogen (secondary N) is 2. The molecule has 0 aliphatic carbocycles. The van der Waals surface area contributed by atoms with Crippen LogP contribution in [-0.2, 0) is 4.74 Å². The number of nitrogens with zero attached hydrogens (tertiary/aromatic N) is 2. The summed E-state index contributed by atoms with van der Waals surface area (Å²) >= 11 is 0. The van der Waals surface area contributed by atoms with Crippen LogP contribution < -0.4 is 10.6 Å². The molecule has 2 aromatic rings. The SMILES string of the molecule is CCCC(COC)Nc1nc(NC)nc2ccccc12. The Morgan fingerprint density at radius 1 is 1.25 bits per heavy atom. The Hall–Kier alpha value is -1.88. The molecule has 0 aliphatic heterocycles. The van der Waals surface area contributed by atoms with Gasteiger partial charge in [0.2, 0.25) is 5.95 Å². The van der Waals surface area contributed by atoms with E-state index < -0.39 is 0 Å². The molecule has 2 rings (SSSR count). The van der Waals surface area contributed by atoms with Crippen LogP contribution in [0.25, 0.3) is 10.9 Å². The predicted octanol–water partition coefficient (Wildman–Crippen LogP) is 2.90. The zero-order chi connectivity index (χ0) is 14.4. The number of benzene rings is 1. The zero-order valence-corrected chi connectivity index (χ0v) is 12.3. The van der Waals surface area contributed by atoms with Gasteiger partial charge in [0, 0.05) is 19.5 Å². The molecule has 2 N–H and O–H groups in total. The average molecular weight is 274 g/mol. The first-order chi connectivity index (χ1) is 9.78. The van der Waals surface area contributed by atoms with E-state index in [1.807, 2.05) is 31.3 Å². The van der Waals surface area contributed by atoms with E-state index in [9.17, 15) is 0 Å². The number of anilines is 2. The fourth-order valence-corrected chi connectivity index (χ4v) is 2.24. The number of hydrogen-bond acceptors (Lipinski definition) is 5. The van der Waals surface area contributed by atoms with E-state index in [4.69, 9.17) is 4.74 Å². The van der Waals surface area contributed by atoms with E-state index >= 15 is 0 Å². The first kappa shape index (κ1) is 14.5. The second-order valence-corrected chi connectivity index (χ2v) is 4.75. The smallest absolute Gasteiger partial charge is 0.224 e. The molecule has 5 heteroatoms. The van der Waals surface area contributed by atoms with Crippen LogP contribution in [0, 0.1) is 0 Å². The second kappa shape index (κ2) is 7.05. The van der Waals surface area contributed by atoms with Crippen LogP contribution in [0.15, 0.2) is 24.3 Å². The molecule has 0 amide bonds. The molecule has 0 aliphatic rings. The van der Waals surface area contributed by atoms with Gasteiger partial charge in [-0.25, -0.2) is 4.98 Å². The van der Waals surface area contributed by atoms with Gasteiger partial charge in [0.1, 0.15) is 5.82 Å². The van der Waals surface area contributed by atoms with Crippen molar-refractivity contribution in [2.75, 3.05) is 31.4 Å². The molecule has 0 spiro atoms. The van der Waals surface area contributed by atoms with E-state index in [1.165, 1.54) is 0 Å². The summed E-state index contributed by atoms with van der Waals surface area (Å²) in [5, 5.41) is 7.52. The molecule has 0 saturated heterocycles. The lowest BCUT2D eigenvalue weighted by atomic mass is 10.1. The minimum Gasteiger partial charge on any atom is -0.383 e. The lowest BCUT2D eigenvalue weighted by Crippen LogP contribution is -2.25.